The topological polar surface area (TPSA) is 98.7 Å². The van der Waals surface area contributed by atoms with Crippen LogP contribution in [-0.4, -0.2) is 46.9 Å². The van der Waals surface area contributed by atoms with Crippen molar-refractivity contribution in [1.29, 1.82) is 0 Å². The molecule has 1 heterocycles. The van der Waals surface area contributed by atoms with Crippen molar-refractivity contribution in [1.82, 2.24) is 10.6 Å². The Labute approximate surface area is 104 Å². The molecule has 4 N–H and O–H groups in total. The zero-order chi connectivity index (χ0) is 13.1. The molecule has 0 bridgehead atoms. The molecule has 0 spiro atoms. The molecule has 6 nitrogen and oxygen atoms in total. The molecular formula is C10H18N2O4S. The number of carboxylic acid groups (broad SMARTS) is 2. The Morgan fingerprint density at radius 3 is 2.53 bits per heavy atom. The average molecular weight is 262 g/mol. The molecule has 0 aromatic rings. The highest BCUT2D eigenvalue weighted by atomic mass is 32.2. The molecule has 1 amide bonds. The van der Waals surface area contributed by atoms with E-state index in [0.717, 1.165) is 6.54 Å². The first-order chi connectivity index (χ1) is 8.07. The molecule has 0 saturated heterocycles. The fraction of sp³-hybridized carbons (Fsp3) is 0.600. The molecule has 0 aromatic carbocycles. The number of thioether (sulfide) groups is 1. The minimum Gasteiger partial charge on any atom is -0.480 e. The molecule has 17 heavy (non-hydrogen) atoms. The molecule has 0 fully saturated rings. The molecule has 0 saturated carbocycles. The molecule has 1 aliphatic heterocycles. The highest BCUT2D eigenvalue weighted by Gasteiger charge is 2.18. The van der Waals surface area contributed by atoms with Gasteiger partial charge in [-0.05, 0) is 31.1 Å². The minimum absolute atomic E-state index is 0.308. The van der Waals surface area contributed by atoms with Crippen LogP contribution < -0.4 is 10.6 Å². The lowest BCUT2D eigenvalue weighted by Crippen LogP contribution is -2.40. The number of amides is 1. The van der Waals surface area contributed by atoms with Gasteiger partial charge in [-0.3, -0.25) is 0 Å². The van der Waals surface area contributed by atoms with Crippen LogP contribution in [0, 0.1) is 0 Å². The predicted molar refractivity (Wildman–Crippen MR) is 67.3 cm³/mol. The van der Waals surface area contributed by atoms with Crippen molar-refractivity contribution in [3.8, 4) is 0 Å². The van der Waals surface area contributed by atoms with Crippen LogP contribution in [0.2, 0.25) is 0 Å². The Bertz CT molecular complexity index is 265. The zero-order valence-corrected chi connectivity index (χ0v) is 10.5. The Balaban J connectivity index is 0.000000419. The van der Waals surface area contributed by atoms with Gasteiger partial charge in [-0.2, -0.15) is 11.8 Å². The lowest BCUT2D eigenvalue weighted by Gasteiger charge is -2.10. The van der Waals surface area contributed by atoms with Gasteiger partial charge in [-0.15, -0.1) is 0 Å². The summed E-state index contributed by atoms with van der Waals surface area (Å²) in [5, 5.41) is 21.7. The number of hydrogen-bond acceptors (Lipinski definition) is 4. The van der Waals surface area contributed by atoms with Crippen LogP contribution in [0.4, 0.5) is 4.79 Å². The van der Waals surface area contributed by atoms with E-state index in [2.05, 4.69) is 11.4 Å². The van der Waals surface area contributed by atoms with Crippen LogP contribution in [0.15, 0.2) is 12.3 Å². The van der Waals surface area contributed by atoms with E-state index in [4.69, 9.17) is 10.2 Å². The van der Waals surface area contributed by atoms with Gasteiger partial charge in [0, 0.05) is 6.54 Å². The van der Waals surface area contributed by atoms with E-state index in [9.17, 15) is 9.59 Å². The normalized spacial score (nSPS) is 14.2. The maximum Gasteiger partial charge on any atom is 0.405 e. The average Bonchev–Trinajstić information content (AvgIpc) is 2.81. The summed E-state index contributed by atoms with van der Waals surface area (Å²) in [6.45, 7) is 1.14. The quantitative estimate of drug-likeness (QED) is 0.589. The summed E-state index contributed by atoms with van der Waals surface area (Å²) in [5.41, 5.74) is 0. The van der Waals surface area contributed by atoms with Gasteiger partial charge in [0.2, 0.25) is 0 Å². The van der Waals surface area contributed by atoms with Gasteiger partial charge in [0.1, 0.15) is 6.04 Å². The molecule has 1 aliphatic rings. The van der Waals surface area contributed by atoms with Crippen molar-refractivity contribution < 1.29 is 19.8 Å². The first-order valence-electron chi connectivity index (χ1n) is 5.17. The van der Waals surface area contributed by atoms with Gasteiger partial charge >= 0.3 is 12.1 Å². The minimum atomic E-state index is -1.30. The predicted octanol–water partition coefficient (Wildman–Crippen LogP) is 0.954. The first kappa shape index (κ1) is 15.6. The summed E-state index contributed by atoms with van der Waals surface area (Å²) < 4.78 is 0. The smallest absolute Gasteiger partial charge is 0.405 e. The molecule has 7 heteroatoms. The fourth-order valence-electron chi connectivity index (χ4n) is 1.06. The van der Waals surface area contributed by atoms with Crippen molar-refractivity contribution in [3.63, 3.8) is 0 Å². The Morgan fingerprint density at radius 2 is 2.24 bits per heavy atom. The van der Waals surface area contributed by atoms with Crippen molar-refractivity contribution >= 4 is 23.8 Å². The number of nitrogens with one attached hydrogen (secondary N) is 2. The lowest BCUT2D eigenvalue weighted by atomic mass is 10.2. The van der Waals surface area contributed by atoms with E-state index >= 15 is 0 Å². The van der Waals surface area contributed by atoms with Crippen LogP contribution in [0.5, 0.6) is 0 Å². The van der Waals surface area contributed by atoms with Gasteiger partial charge in [0.25, 0.3) is 0 Å². The largest absolute Gasteiger partial charge is 0.480 e. The van der Waals surface area contributed by atoms with E-state index in [1.807, 2.05) is 17.8 Å². The molecule has 0 aliphatic carbocycles. The summed E-state index contributed by atoms with van der Waals surface area (Å²) in [4.78, 5) is 20.5. The van der Waals surface area contributed by atoms with Crippen LogP contribution in [-0.2, 0) is 4.79 Å². The van der Waals surface area contributed by atoms with Gasteiger partial charge in [-0.25, -0.2) is 9.59 Å². The van der Waals surface area contributed by atoms with E-state index in [1.54, 1.807) is 0 Å². The summed E-state index contributed by atoms with van der Waals surface area (Å²) in [7, 11) is 0. The van der Waals surface area contributed by atoms with Crippen molar-refractivity contribution in [2.75, 3.05) is 18.6 Å². The van der Waals surface area contributed by atoms with Crippen LogP contribution in [0.25, 0.3) is 0 Å². The van der Waals surface area contributed by atoms with E-state index in [1.165, 1.54) is 18.2 Å². The third kappa shape index (κ3) is 9.55. The van der Waals surface area contributed by atoms with Crippen LogP contribution in [0.1, 0.15) is 12.8 Å². The monoisotopic (exact) mass is 262 g/mol. The zero-order valence-electron chi connectivity index (χ0n) is 9.68. The van der Waals surface area contributed by atoms with E-state index < -0.39 is 18.1 Å². The number of hydrogen-bond donors (Lipinski definition) is 4. The molecule has 1 atom stereocenters. The second kappa shape index (κ2) is 9.83. The first-order valence-corrected chi connectivity index (χ1v) is 6.57. The van der Waals surface area contributed by atoms with Gasteiger partial charge in [0.05, 0.1) is 0 Å². The number of carbonyl (C=O) groups is 2. The lowest BCUT2D eigenvalue weighted by molar-refractivity contribution is -0.139. The van der Waals surface area contributed by atoms with E-state index in [-0.39, 0.29) is 0 Å². The Hall–Kier alpha value is -1.37. The van der Waals surface area contributed by atoms with Crippen molar-refractivity contribution in [3.05, 3.63) is 12.3 Å². The van der Waals surface area contributed by atoms with Crippen LogP contribution >= 0.6 is 11.8 Å². The third-order valence-electron chi connectivity index (χ3n) is 1.90. The fourth-order valence-corrected chi connectivity index (χ4v) is 1.53. The maximum atomic E-state index is 10.4. The van der Waals surface area contributed by atoms with Crippen LogP contribution in [0.3, 0.4) is 0 Å². The molecule has 0 radical (unpaired) electrons. The standard InChI is InChI=1S/C6H11NO4S.C4H7N/c1-12-3-2-4(5(8)9)7-6(10)11;1-2-4-5-3-1/h4,7H,2-3H2,1H3,(H,8,9)(H,10,11);1,3,5H,2,4H2. The van der Waals surface area contributed by atoms with Gasteiger partial charge in [0.15, 0.2) is 0 Å². The molecule has 1 unspecified atom stereocenters. The summed E-state index contributed by atoms with van der Waals surface area (Å²) in [6.07, 6.45) is 6.16. The van der Waals surface area contributed by atoms with Crippen molar-refractivity contribution in [2.45, 2.75) is 18.9 Å². The third-order valence-corrected chi connectivity index (χ3v) is 2.54. The summed E-state index contributed by atoms with van der Waals surface area (Å²) in [5.74, 6) is -0.511. The number of rotatable bonds is 5. The van der Waals surface area contributed by atoms with Gasteiger partial charge < -0.3 is 20.8 Å². The van der Waals surface area contributed by atoms with Gasteiger partial charge in [-0.1, -0.05) is 6.08 Å². The maximum absolute atomic E-state index is 10.4. The summed E-state index contributed by atoms with van der Waals surface area (Å²) in [6, 6.07) is -0.991. The molecule has 1 rings (SSSR count). The number of aliphatic carboxylic acids is 1. The van der Waals surface area contributed by atoms with Crippen molar-refractivity contribution in [2.24, 2.45) is 0 Å². The molecule has 98 valence electrons. The SMILES string of the molecule is C1=CNCC1.CSCCC(NC(=O)O)C(=O)O. The molecular weight excluding hydrogens is 244 g/mol. The second-order valence-electron chi connectivity index (χ2n) is 3.27. The Kier molecular flexibility index (Phi) is 9.04. The second-order valence-corrected chi connectivity index (χ2v) is 4.25. The summed E-state index contributed by atoms with van der Waals surface area (Å²) >= 11 is 1.48. The number of carboxylic acids is 1. The highest BCUT2D eigenvalue weighted by Crippen LogP contribution is 2.00. The highest BCUT2D eigenvalue weighted by molar-refractivity contribution is 7.98. The van der Waals surface area contributed by atoms with E-state index in [0.29, 0.717) is 12.2 Å². The molecule has 0 aromatic heterocycles. The Morgan fingerprint density at radius 1 is 1.53 bits per heavy atom.